The topological polar surface area (TPSA) is 70.7 Å². The molecule has 18 heavy (non-hydrogen) atoms. The Morgan fingerprint density at radius 1 is 1.56 bits per heavy atom. The van der Waals surface area contributed by atoms with Crippen molar-refractivity contribution in [1.29, 1.82) is 5.26 Å². The van der Waals surface area contributed by atoms with E-state index in [1.807, 2.05) is 6.07 Å². The van der Waals surface area contributed by atoms with Crippen LogP contribution in [0.5, 0.6) is 0 Å². The van der Waals surface area contributed by atoms with Gasteiger partial charge in [0, 0.05) is 11.9 Å². The van der Waals surface area contributed by atoms with Gasteiger partial charge in [0.05, 0.1) is 22.9 Å². The predicted octanol–water partition coefficient (Wildman–Crippen LogP) is 2.05. The number of benzene rings is 1. The molecule has 2 rings (SSSR count). The highest BCUT2D eigenvalue weighted by atomic mass is 35.5. The third kappa shape index (κ3) is 3.09. The fourth-order valence-corrected chi connectivity index (χ4v) is 1.60. The summed E-state index contributed by atoms with van der Waals surface area (Å²) in [5.74, 6) is -0.232. The van der Waals surface area contributed by atoms with Gasteiger partial charge in [-0.3, -0.25) is 9.48 Å². The lowest BCUT2D eigenvalue weighted by Crippen LogP contribution is -2.18. The van der Waals surface area contributed by atoms with E-state index in [9.17, 15) is 4.79 Å². The van der Waals surface area contributed by atoms with Crippen molar-refractivity contribution in [3.63, 3.8) is 0 Å². The Hall–Kier alpha value is -2.32. The average molecular weight is 261 g/mol. The molecule has 0 aliphatic heterocycles. The van der Waals surface area contributed by atoms with E-state index in [4.69, 9.17) is 16.9 Å². The maximum atomic E-state index is 11.7. The van der Waals surface area contributed by atoms with Crippen LogP contribution in [-0.4, -0.2) is 15.7 Å². The molecule has 0 saturated carbocycles. The van der Waals surface area contributed by atoms with Gasteiger partial charge in [0.2, 0.25) is 5.91 Å². The zero-order chi connectivity index (χ0) is 13.0. The second-order valence-corrected chi connectivity index (χ2v) is 4.03. The standard InChI is InChI=1S/C12H9ClN4O/c13-10-6-15-17(7-10)8-12(18)16-11-3-1-2-9(4-11)5-14/h1-4,6-7H,8H2,(H,16,18). The Morgan fingerprint density at radius 2 is 2.39 bits per heavy atom. The summed E-state index contributed by atoms with van der Waals surface area (Å²) in [6, 6.07) is 8.71. The van der Waals surface area contributed by atoms with E-state index in [-0.39, 0.29) is 12.5 Å². The summed E-state index contributed by atoms with van der Waals surface area (Å²) in [4.78, 5) is 11.7. The van der Waals surface area contributed by atoms with Gasteiger partial charge in [-0.1, -0.05) is 17.7 Å². The van der Waals surface area contributed by atoms with Crippen LogP contribution in [0.15, 0.2) is 36.7 Å². The number of amides is 1. The zero-order valence-corrected chi connectivity index (χ0v) is 10.1. The predicted molar refractivity (Wildman–Crippen MR) is 67.0 cm³/mol. The van der Waals surface area contributed by atoms with E-state index in [1.54, 1.807) is 30.5 Å². The van der Waals surface area contributed by atoms with Gasteiger partial charge < -0.3 is 5.32 Å². The second kappa shape index (κ2) is 5.34. The summed E-state index contributed by atoms with van der Waals surface area (Å²) in [5.41, 5.74) is 1.08. The van der Waals surface area contributed by atoms with Crippen molar-refractivity contribution in [2.24, 2.45) is 0 Å². The monoisotopic (exact) mass is 260 g/mol. The molecule has 1 aromatic heterocycles. The van der Waals surface area contributed by atoms with Gasteiger partial charge in [-0.05, 0) is 18.2 Å². The number of carbonyl (C=O) groups is 1. The van der Waals surface area contributed by atoms with Gasteiger partial charge in [0.15, 0.2) is 0 Å². The lowest BCUT2D eigenvalue weighted by Gasteiger charge is -2.05. The van der Waals surface area contributed by atoms with Crippen molar-refractivity contribution in [2.45, 2.75) is 6.54 Å². The Morgan fingerprint density at radius 3 is 3.06 bits per heavy atom. The van der Waals surface area contributed by atoms with E-state index < -0.39 is 0 Å². The highest BCUT2D eigenvalue weighted by molar-refractivity contribution is 6.30. The first kappa shape index (κ1) is 12.1. The normalized spacial score (nSPS) is 9.78. The van der Waals surface area contributed by atoms with Crippen LogP contribution >= 0.6 is 11.6 Å². The molecule has 1 aromatic carbocycles. The number of nitriles is 1. The molecule has 0 atom stereocenters. The molecule has 6 heteroatoms. The molecule has 0 unspecified atom stereocenters. The number of rotatable bonds is 3. The fourth-order valence-electron chi connectivity index (χ4n) is 1.44. The highest BCUT2D eigenvalue weighted by Gasteiger charge is 2.05. The largest absolute Gasteiger partial charge is 0.324 e. The Labute approximate surface area is 109 Å². The number of carbonyl (C=O) groups excluding carboxylic acids is 1. The second-order valence-electron chi connectivity index (χ2n) is 3.60. The van der Waals surface area contributed by atoms with E-state index in [2.05, 4.69) is 10.4 Å². The minimum Gasteiger partial charge on any atom is -0.324 e. The molecule has 0 radical (unpaired) electrons. The SMILES string of the molecule is N#Cc1cccc(NC(=O)Cn2cc(Cl)cn2)c1. The summed E-state index contributed by atoms with van der Waals surface area (Å²) in [6.07, 6.45) is 3.03. The summed E-state index contributed by atoms with van der Waals surface area (Å²) in [7, 11) is 0. The molecular weight excluding hydrogens is 252 g/mol. The maximum absolute atomic E-state index is 11.7. The molecule has 0 fully saturated rings. The first-order chi connectivity index (χ1) is 8.67. The van der Waals surface area contributed by atoms with E-state index >= 15 is 0 Å². The zero-order valence-electron chi connectivity index (χ0n) is 9.30. The van der Waals surface area contributed by atoms with Crippen LogP contribution in [0.1, 0.15) is 5.56 Å². The van der Waals surface area contributed by atoms with Gasteiger partial charge >= 0.3 is 0 Å². The molecule has 0 saturated heterocycles. The molecule has 2 aromatic rings. The van der Waals surface area contributed by atoms with Gasteiger partial charge in [-0.2, -0.15) is 10.4 Å². The Balaban J connectivity index is 2.01. The quantitative estimate of drug-likeness (QED) is 0.918. The van der Waals surface area contributed by atoms with Crippen LogP contribution in [-0.2, 0) is 11.3 Å². The first-order valence-electron chi connectivity index (χ1n) is 5.15. The van der Waals surface area contributed by atoms with Gasteiger partial charge in [0.1, 0.15) is 6.54 Å². The van der Waals surface area contributed by atoms with E-state index in [0.717, 1.165) is 0 Å². The van der Waals surface area contributed by atoms with Crippen LogP contribution in [0.25, 0.3) is 0 Å². The number of halogens is 1. The van der Waals surface area contributed by atoms with Crippen LogP contribution in [0.2, 0.25) is 5.02 Å². The third-order valence-electron chi connectivity index (χ3n) is 2.18. The average Bonchev–Trinajstić information content (AvgIpc) is 2.74. The van der Waals surface area contributed by atoms with Gasteiger partial charge in [-0.25, -0.2) is 0 Å². The maximum Gasteiger partial charge on any atom is 0.246 e. The van der Waals surface area contributed by atoms with Crippen LogP contribution in [0.3, 0.4) is 0 Å². The van der Waals surface area contributed by atoms with E-state index in [1.165, 1.54) is 10.9 Å². The third-order valence-corrected chi connectivity index (χ3v) is 2.38. The number of hydrogen-bond donors (Lipinski definition) is 1. The smallest absolute Gasteiger partial charge is 0.246 e. The minimum atomic E-state index is -0.232. The van der Waals surface area contributed by atoms with Crippen molar-refractivity contribution < 1.29 is 4.79 Å². The molecule has 0 bridgehead atoms. The number of anilines is 1. The number of aromatic nitrogens is 2. The molecular formula is C12H9ClN4O. The van der Waals surface area contributed by atoms with Crippen LogP contribution in [0.4, 0.5) is 5.69 Å². The van der Waals surface area contributed by atoms with Gasteiger partial charge in [-0.15, -0.1) is 0 Å². The van der Waals surface area contributed by atoms with E-state index in [0.29, 0.717) is 16.3 Å². The van der Waals surface area contributed by atoms with Crippen LogP contribution in [0, 0.1) is 11.3 Å². The van der Waals surface area contributed by atoms with Crippen molar-refractivity contribution in [3.05, 3.63) is 47.2 Å². The number of nitrogens with zero attached hydrogens (tertiary/aromatic N) is 3. The van der Waals surface area contributed by atoms with Crippen molar-refractivity contribution in [3.8, 4) is 6.07 Å². The molecule has 0 aliphatic carbocycles. The first-order valence-corrected chi connectivity index (χ1v) is 5.53. The Bertz CT molecular complexity index is 615. The highest BCUT2D eigenvalue weighted by Crippen LogP contribution is 2.10. The molecule has 5 nitrogen and oxygen atoms in total. The summed E-state index contributed by atoms with van der Waals surface area (Å²) >= 11 is 5.69. The summed E-state index contributed by atoms with van der Waals surface area (Å²) in [6.45, 7) is 0.0729. The Kier molecular flexibility index (Phi) is 3.60. The lowest BCUT2D eigenvalue weighted by molar-refractivity contribution is -0.116. The molecule has 0 spiro atoms. The molecule has 1 N–H and O–H groups in total. The van der Waals surface area contributed by atoms with Crippen LogP contribution < -0.4 is 5.32 Å². The number of nitrogens with one attached hydrogen (secondary N) is 1. The molecule has 1 heterocycles. The summed E-state index contributed by atoms with van der Waals surface area (Å²) in [5, 5.41) is 15.8. The minimum absolute atomic E-state index is 0.0729. The van der Waals surface area contributed by atoms with Gasteiger partial charge in [0.25, 0.3) is 0 Å². The number of hydrogen-bond acceptors (Lipinski definition) is 3. The van der Waals surface area contributed by atoms with Crippen molar-refractivity contribution >= 4 is 23.2 Å². The molecule has 90 valence electrons. The fraction of sp³-hybridized carbons (Fsp3) is 0.0833. The lowest BCUT2D eigenvalue weighted by atomic mass is 10.2. The van der Waals surface area contributed by atoms with Crippen molar-refractivity contribution in [1.82, 2.24) is 9.78 Å². The molecule has 0 aliphatic rings. The summed E-state index contributed by atoms with van der Waals surface area (Å²) < 4.78 is 1.44. The van der Waals surface area contributed by atoms with Crippen molar-refractivity contribution in [2.75, 3.05) is 5.32 Å². The molecule has 1 amide bonds.